The molecule has 2 aliphatic heterocycles. The summed E-state index contributed by atoms with van der Waals surface area (Å²) >= 11 is 0. The molecular weight excluding hydrogens is 228 g/mol. The normalized spacial score (nSPS) is 26.5. The molecule has 1 saturated heterocycles. The third-order valence-corrected chi connectivity index (χ3v) is 3.90. The van der Waals surface area contributed by atoms with Gasteiger partial charge in [0.1, 0.15) is 11.4 Å². The Labute approximate surface area is 107 Å². The van der Waals surface area contributed by atoms with Crippen LogP contribution in [0.1, 0.15) is 42.1 Å². The molecule has 1 aromatic rings. The summed E-state index contributed by atoms with van der Waals surface area (Å²) in [6, 6.07) is 5.73. The average molecular weight is 246 g/mol. The standard InChI is InChI=1S/C15H18O3/c1-15(7-2-3-8-18-15)14(16)12-4-5-13-11(10-12)6-9-17-13/h4-5,10H,2-3,6-9H2,1H3. The van der Waals surface area contributed by atoms with Gasteiger partial charge in [-0.25, -0.2) is 0 Å². The van der Waals surface area contributed by atoms with Crippen molar-refractivity contribution in [3.05, 3.63) is 29.3 Å². The summed E-state index contributed by atoms with van der Waals surface area (Å²) in [7, 11) is 0. The Morgan fingerprint density at radius 2 is 2.17 bits per heavy atom. The average Bonchev–Trinajstić information content (AvgIpc) is 2.86. The lowest BCUT2D eigenvalue weighted by Gasteiger charge is -2.32. The van der Waals surface area contributed by atoms with Crippen LogP contribution in [0, 0.1) is 0 Å². The lowest BCUT2D eigenvalue weighted by Crippen LogP contribution is -2.41. The largest absolute Gasteiger partial charge is 0.493 e. The molecule has 0 radical (unpaired) electrons. The maximum absolute atomic E-state index is 12.6. The monoisotopic (exact) mass is 246 g/mol. The van der Waals surface area contributed by atoms with E-state index in [0.717, 1.165) is 49.2 Å². The van der Waals surface area contributed by atoms with Gasteiger partial charge in [-0.1, -0.05) is 0 Å². The van der Waals surface area contributed by atoms with Gasteiger partial charge in [0, 0.05) is 18.6 Å². The number of hydrogen-bond acceptors (Lipinski definition) is 3. The van der Waals surface area contributed by atoms with E-state index in [0.29, 0.717) is 6.61 Å². The minimum absolute atomic E-state index is 0.108. The third-order valence-electron chi connectivity index (χ3n) is 3.90. The SMILES string of the molecule is CC1(C(=O)c2ccc3c(c2)CCO3)CCCCO1. The van der Waals surface area contributed by atoms with E-state index in [1.807, 2.05) is 25.1 Å². The van der Waals surface area contributed by atoms with Crippen LogP contribution in [-0.4, -0.2) is 24.6 Å². The Kier molecular flexibility index (Phi) is 2.86. The van der Waals surface area contributed by atoms with Crippen LogP contribution in [0.3, 0.4) is 0 Å². The number of rotatable bonds is 2. The molecule has 0 N–H and O–H groups in total. The van der Waals surface area contributed by atoms with Gasteiger partial charge in [0.25, 0.3) is 0 Å². The number of carbonyl (C=O) groups is 1. The van der Waals surface area contributed by atoms with Gasteiger partial charge in [-0.05, 0) is 49.9 Å². The second-order valence-corrected chi connectivity index (χ2v) is 5.29. The number of benzene rings is 1. The summed E-state index contributed by atoms with van der Waals surface area (Å²) < 4.78 is 11.2. The fourth-order valence-corrected chi connectivity index (χ4v) is 2.75. The van der Waals surface area contributed by atoms with E-state index in [2.05, 4.69) is 0 Å². The van der Waals surface area contributed by atoms with Gasteiger partial charge in [-0.2, -0.15) is 0 Å². The van der Waals surface area contributed by atoms with Crippen molar-refractivity contribution in [2.75, 3.05) is 13.2 Å². The van der Waals surface area contributed by atoms with E-state index in [1.54, 1.807) is 0 Å². The van der Waals surface area contributed by atoms with Gasteiger partial charge in [-0.15, -0.1) is 0 Å². The van der Waals surface area contributed by atoms with Crippen LogP contribution < -0.4 is 4.74 Å². The zero-order chi connectivity index (χ0) is 12.6. The summed E-state index contributed by atoms with van der Waals surface area (Å²) in [5, 5.41) is 0. The van der Waals surface area contributed by atoms with Crippen molar-refractivity contribution in [2.45, 2.75) is 38.2 Å². The maximum Gasteiger partial charge on any atom is 0.194 e. The molecule has 0 bridgehead atoms. The predicted molar refractivity (Wildman–Crippen MR) is 68.2 cm³/mol. The highest BCUT2D eigenvalue weighted by atomic mass is 16.5. The van der Waals surface area contributed by atoms with Crippen molar-refractivity contribution in [3.63, 3.8) is 0 Å². The van der Waals surface area contributed by atoms with Crippen LogP contribution in [0.5, 0.6) is 5.75 Å². The van der Waals surface area contributed by atoms with Gasteiger partial charge in [0.2, 0.25) is 0 Å². The molecule has 0 saturated carbocycles. The van der Waals surface area contributed by atoms with Gasteiger partial charge in [0.15, 0.2) is 5.78 Å². The first kappa shape index (κ1) is 11.7. The third kappa shape index (κ3) is 1.93. The molecule has 1 atom stereocenters. The molecule has 2 heterocycles. The highest BCUT2D eigenvalue weighted by molar-refractivity contribution is 6.02. The minimum Gasteiger partial charge on any atom is -0.493 e. The van der Waals surface area contributed by atoms with Crippen molar-refractivity contribution in [1.82, 2.24) is 0 Å². The first-order valence-electron chi connectivity index (χ1n) is 6.63. The zero-order valence-corrected chi connectivity index (χ0v) is 10.7. The van der Waals surface area contributed by atoms with Gasteiger partial charge >= 0.3 is 0 Å². The minimum atomic E-state index is -0.633. The van der Waals surface area contributed by atoms with E-state index in [9.17, 15) is 4.79 Å². The van der Waals surface area contributed by atoms with Crippen molar-refractivity contribution >= 4 is 5.78 Å². The van der Waals surface area contributed by atoms with Crippen molar-refractivity contribution in [2.24, 2.45) is 0 Å². The van der Waals surface area contributed by atoms with Crippen molar-refractivity contribution in [3.8, 4) is 5.75 Å². The van der Waals surface area contributed by atoms with E-state index >= 15 is 0 Å². The summed E-state index contributed by atoms with van der Waals surface area (Å²) in [6.45, 7) is 3.33. The van der Waals surface area contributed by atoms with Crippen LogP contribution in [0.15, 0.2) is 18.2 Å². The van der Waals surface area contributed by atoms with E-state index < -0.39 is 5.60 Å². The van der Waals surface area contributed by atoms with Crippen LogP contribution in [-0.2, 0) is 11.2 Å². The molecule has 3 heteroatoms. The zero-order valence-electron chi connectivity index (χ0n) is 10.7. The number of fused-ring (bicyclic) bond motifs is 1. The summed E-state index contributed by atoms with van der Waals surface area (Å²) in [4.78, 5) is 12.6. The molecule has 3 nitrogen and oxygen atoms in total. The highest BCUT2D eigenvalue weighted by Crippen LogP contribution is 2.31. The van der Waals surface area contributed by atoms with Crippen LogP contribution >= 0.6 is 0 Å². The molecule has 1 aromatic carbocycles. The van der Waals surface area contributed by atoms with E-state index in [1.165, 1.54) is 0 Å². The molecule has 1 fully saturated rings. The number of carbonyl (C=O) groups excluding carboxylic acids is 1. The molecule has 0 aliphatic carbocycles. The lowest BCUT2D eigenvalue weighted by molar-refractivity contribution is -0.0426. The topological polar surface area (TPSA) is 35.5 Å². The lowest BCUT2D eigenvalue weighted by atomic mass is 9.87. The molecule has 1 unspecified atom stereocenters. The van der Waals surface area contributed by atoms with E-state index in [-0.39, 0.29) is 5.78 Å². The van der Waals surface area contributed by atoms with Crippen LogP contribution in [0.25, 0.3) is 0 Å². The molecule has 0 aromatic heterocycles. The number of Topliss-reactive ketones (excluding diaryl/α,β-unsaturated/α-hetero) is 1. The second kappa shape index (κ2) is 4.39. The fraction of sp³-hybridized carbons (Fsp3) is 0.533. The molecule has 96 valence electrons. The summed E-state index contributed by atoms with van der Waals surface area (Å²) in [5.74, 6) is 1.03. The van der Waals surface area contributed by atoms with Gasteiger partial charge in [0.05, 0.1) is 6.61 Å². The Morgan fingerprint density at radius 1 is 1.28 bits per heavy atom. The molecule has 0 spiro atoms. The second-order valence-electron chi connectivity index (χ2n) is 5.29. The van der Waals surface area contributed by atoms with Gasteiger partial charge in [-0.3, -0.25) is 4.79 Å². The van der Waals surface area contributed by atoms with Crippen molar-refractivity contribution < 1.29 is 14.3 Å². The smallest absolute Gasteiger partial charge is 0.194 e. The molecule has 3 rings (SSSR count). The summed E-state index contributed by atoms with van der Waals surface area (Å²) in [6.07, 6.45) is 3.84. The number of ketones is 1. The number of ether oxygens (including phenoxy) is 2. The van der Waals surface area contributed by atoms with Crippen LogP contribution in [0.2, 0.25) is 0 Å². The predicted octanol–water partition coefficient (Wildman–Crippen LogP) is 2.76. The van der Waals surface area contributed by atoms with Gasteiger partial charge < -0.3 is 9.47 Å². The van der Waals surface area contributed by atoms with Crippen LogP contribution in [0.4, 0.5) is 0 Å². The molecule has 2 aliphatic rings. The molecule has 0 amide bonds. The maximum atomic E-state index is 12.6. The molecule has 18 heavy (non-hydrogen) atoms. The Hall–Kier alpha value is -1.35. The highest BCUT2D eigenvalue weighted by Gasteiger charge is 2.36. The Bertz CT molecular complexity index is 473. The number of hydrogen-bond donors (Lipinski definition) is 0. The quantitative estimate of drug-likeness (QED) is 0.753. The summed E-state index contributed by atoms with van der Waals surface area (Å²) in [5.41, 5.74) is 1.26. The first-order valence-corrected chi connectivity index (χ1v) is 6.63. The Morgan fingerprint density at radius 3 is 2.94 bits per heavy atom. The van der Waals surface area contributed by atoms with Crippen molar-refractivity contribution in [1.29, 1.82) is 0 Å². The Balaban J connectivity index is 1.88. The fourth-order valence-electron chi connectivity index (χ4n) is 2.75. The van der Waals surface area contributed by atoms with E-state index in [4.69, 9.17) is 9.47 Å². The molecular formula is C15H18O3. The first-order chi connectivity index (χ1) is 8.69.